The first-order valence-corrected chi connectivity index (χ1v) is 31.2. The minimum absolute atomic E-state index is 0. The van der Waals surface area contributed by atoms with Crippen molar-refractivity contribution in [2.75, 3.05) is 226 Å². The fourth-order valence-corrected chi connectivity index (χ4v) is 9.37. The molecule has 0 fully saturated rings. The molecule has 9 rings (SSSR count). The summed E-state index contributed by atoms with van der Waals surface area (Å²) in [7, 11) is 3.28. The Morgan fingerprint density at radius 3 is 0.720 bits per heavy atom. The van der Waals surface area contributed by atoms with Gasteiger partial charge in [-0.25, -0.2) is 9.97 Å². The molecule has 498 valence electrons. The van der Waals surface area contributed by atoms with Gasteiger partial charge >= 0.3 is 19.5 Å². The van der Waals surface area contributed by atoms with Gasteiger partial charge in [-0.05, 0) is 22.9 Å². The van der Waals surface area contributed by atoms with E-state index >= 15 is 0 Å². The first-order chi connectivity index (χ1) is 45.7. The molecule has 5 heterocycles. The van der Waals surface area contributed by atoms with Crippen molar-refractivity contribution < 1.29 is 105 Å². The van der Waals surface area contributed by atoms with Crippen LogP contribution in [-0.4, -0.2) is 256 Å². The Balaban J connectivity index is 0.0000111. The van der Waals surface area contributed by atoms with Gasteiger partial charge in [0.1, 0.15) is 24.7 Å². The normalized spacial score (nSPS) is 11.8. The summed E-state index contributed by atoms with van der Waals surface area (Å²) in [5, 5.41) is 2.75. The second-order valence-electron chi connectivity index (χ2n) is 20.2. The molecule has 0 atom stereocenters. The molecule has 0 aliphatic carbocycles. The van der Waals surface area contributed by atoms with Crippen LogP contribution in [-0.2, 0) is 95.3 Å². The van der Waals surface area contributed by atoms with Crippen molar-refractivity contribution >= 4 is 44.1 Å². The number of aromatic nitrogens is 8. The molecule has 0 unspecified atom stereocenters. The summed E-state index contributed by atoms with van der Waals surface area (Å²) in [6.07, 6.45) is 0. The van der Waals surface area contributed by atoms with Gasteiger partial charge < -0.3 is 115 Å². The Morgan fingerprint density at radius 2 is 0.462 bits per heavy atom. The number of hydrogen-bond acceptors (Lipinski definition) is 24. The number of ether oxygens (including phenoxy) is 18. The number of benzene rings is 4. The second kappa shape index (κ2) is 43.0. The van der Waals surface area contributed by atoms with Crippen molar-refractivity contribution in [3.05, 3.63) is 84.9 Å². The molecule has 4 aromatic carbocycles. The SMILES string of the molecule is COCCOCCOCCOCCOCCOCCOCCOCCOc1ccc(OCCOCCOCCOCCOCCOCCOCCOCCOC)c2c3nc4nc(nc5[n-]c(nc6nc(nc([n-]3)c12)-c1ccccc1-6)c1ccccc51)-c1ccccc1-4.[Zn+2]. The van der Waals surface area contributed by atoms with Gasteiger partial charge in [0.15, 0.2) is 0 Å². The van der Waals surface area contributed by atoms with Crippen molar-refractivity contribution in [2.24, 2.45) is 0 Å². The topological polar surface area (TPSA) is 272 Å². The third-order valence-electron chi connectivity index (χ3n) is 13.8. The van der Waals surface area contributed by atoms with Crippen LogP contribution < -0.4 is 19.4 Å². The molecule has 2 aliphatic heterocycles. The predicted molar refractivity (Wildman–Crippen MR) is 340 cm³/mol. The second-order valence-corrected chi connectivity index (χ2v) is 20.2. The molecule has 3 aromatic heterocycles. The summed E-state index contributed by atoms with van der Waals surface area (Å²) < 4.78 is 102. The number of hydrogen-bond donors (Lipinski definition) is 0. The van der Waals surface area contributed by atoms with Crippen LogP contribution >= 0.6 is 0 Å². The summed E-state index contributed by atoms with van der Waals surface area (Å²) in [6.45, 7) is 14.0. The first-order valence-electron chi connectivity index (χ1n) is 31.2. The zero-order valence-electron chi connectivity index (χ0n) is 53.3. The van der Waals surface area contributed by atoms with Crippen molar-refractivity contribution in [1.29, 1.82) is 0 Å². The minimum Gasteiger partial charge on any atom is -0.490 e. The summed E-state index contributed by atoms with van der Waals surface area (Å²) in [6, 6.07) is 27.2. The van der Waals surface area contributed by atoms with E-state index in [1.165, 1.54) is 0 Å². The predicted octanol–water partition coefficient (Wildman–Crippen LogP) is 6.41. The molecule has 7 aromatic rings. The van der Waals surface area contributed by atoms with Gasteiger partial charge in [-0.15, -0.1) is 0 Å². The zero-order chi connectivity index (χ0) is 63.3. The Morgan fingerprint density at radius 1 is 0.247 bits per heavy atom. The van der Waals surface area contributed by atoms with Crippen LogP contribution in [0.4, 0.5) is 0 Å². The standard InChI is InChI=1S/C66H84N8O18.Zn/c1-75-17-19-77-21-23-79-25-27-81-29-31-83-33-35-85-37-39-87-41-43-89-45-47-91-55-15-16-56(92-48-46-90-44-42-88-40-38-86-36-34-84-32-30-82-28-26-80-24-22-78-20-18-76-2)58-57(55)65-72-63-53-13-7-5-11-51(53)61(70-63)68-59-49-9-3-4-10-50(49)60(67-59)69-62-52-12-6-8-14-54(52)64(71-62)73-66(58)74-65;/h3-16H,17-48H2,1-2H3;/q-2;+2. The average molecular weight is 1340 g/mol. The largest absolute Gasteiger partial charge is 2.00 e. The van der Waals surface area contributed by atoms with Crippen molar-refractivity contribution in [3.63, 3.8) is 0 Å². The third-order valence-corrected chi connectivity index (χ3v) is 13.8. The van der Waals surface area contributed by atoms with Crippen LogP contribution in [0.2, 0.25) is 0 Å². The van der Waals surface area contributed by atoms with Gasteiger partial charge in [0, 0.05) is 69.8 Å². The van der Waals surface area contributed by atoms with E-state index in [4.69, 9.17) is 125 Å². The van der Waals surface area contributed by atoms with E-state index in [0.29, 0.717) is 253 Å². The molecule has 2 aliphatic rings. The fourth-order valence-electron chi connectivity index (χ4n) is 9.37. The first kappa shape index (κ1) is 72.6. The summed E-state index contributed by atoms with van der Waals surface area (Å²) >= 11 is 0. The molecule has 0 radical (unpaired) electrons. The van der Waals surface area contributed by atoms with Gasteiger partial charge in [-0.3, -0.25) is 0 Å². The number of methoxy groups -OCH3 is 2. The van der Waals surface area contributed by atoms with E-state index in [1.807, 2.05) is 84.9 Å². The van der Waals surface area contributed by atoms with E-state index in [1.54, 1.807) is 14.2 Å². The number of rotatable bonds is 50. The smallest absolute Gasteiger partial charge is 0.490 e. The van der Waals surface area contributed by atoms with Crippen LogP contribution in [0.5, 0.6) is 11.5 Å². The van der Waals surface area contributed by atoms with E-state index in [0.717, 1.165) is 33.0 Å². The maximum absolute atomic E-state index is 6.55. The molecule has 0 spiro atoms. The maximum Gasteiger partial charge on any atom is 2.00 e. The van der Waals surface area contributed by atoms with E-state index in [9.17, 15) is 0 Å². The van der Waals surface area contributed by atoms with E-state index in [2.05, 4.69) is 0 Å². The Hall–Kier alpha value is -6.18. The van der Waals surface area contributed by atoms with Crippen molar-refractivity contribution in [3.8, 4) is 57.1 Å². The van der Waals surface area contributed by atoms with Gasteiger partial charge in [-0.2, -0.15) is 0 Å². The zero-order valence-corrected chi connectivity index (χ0v) is 56.3. The maximum atomic E-state index is 6.55. The molecule has 0 N–H and O–H groups in total. The third kappa shape index (κ3) is 23.6. The van der Waals surface area contributed by atoms with E-state index < -0.39 is 0 Å². The quantitative estimate of drug-likeness (QED) is 0.0294. The average Bonchev–Trinajstić information content (AvgIpc) is 1.61. The minimum atomic E-state index is 0. The van der Waals surface area contributed by atoms with Crippen LogP contribution in [0.25, 0.3) is 89.7 Å². The Kier molecular flexibility index (Phi) is 33.6. The molecule has 0 saturated heterocycles. The van der Waals surface area contributed by atoms with Crippen molar-refractivity contribution in [1.82, 2.24) is 39.9 Å². The van der Waals surface area contributed by atoms with Gasteiger partial charge in [0.25, 0.3) is 0 Å². The molecular formula is C66H84N8O18Zn. The number of nitrogens with zero attached hydrogens (tertiary/aromatic N) is 8. The number of fused-ring (bicyclic) bond motifs is 20. The summed E-state index contributed by atoms with van der Waals surface area (Å²) in [5.74, 6) is 2.65. The molecular weight excluding hydrogens is 1260 g/mol. The summed E-state index contributed by atoms with van der Waals surface area (Å²) in [5.41, 5.74) is 4.66. The molecule has 8 bridgehead atoms. The van der Waals surface area contributed by atoms with Crippen LogP contribution in [0.15, 0.2) is 84.9 Å². The molecule has 27 heteroatoms. The van der Waals surface area contributed by atoms with Gasteiger partial charge in [-0.1, -0.05) is 72.8 Å². The van der Waals surface area contributed by atoms with Gasteiger partial charge in [0.05, 0.1) is 222 Å². The Bertz CT molecular complexity index is 3220. The monoisotopic (exact) mass is 1340 g/mol. The van der Waals surface area contributed by atoms with E-state index in [-0.39, 0.29) is 45.9 Å². The van der Waals surface area contributed by atoms with Crippen LogP contribution in [0, 0.1) is 0 Å². The summed E-state index contributed by atoms with van der Waals surface area (Å²) in [4.78, 5) is 40.8. The van der Waals surface area contributed by atoms with Crippen LogP contribution in [0.3, 0.4) is 0 Å². The molecule has 0 amide bonds. The molecule has 93 heavy (non-hydrogen) atoms. The Labute approximate surface area is 553 Å². The van der Waals surface area contributed by atoms with Crippen molar-refractivity contribution in [2.45, 2.75) is 0 Å². The van der Waals surface area contributed by atoms with Gasteiger partial charge in [0.2, 0.25) is 0 Å². The molecule has 26 nitrogen and oxygen atoms in total. The van der Waals surface area contributed by atoms with Crippen LogP contribution in [0.1, 0.15) is 0 Å². The molecule has 0 saturated carbocycles. The fraction of sp³-hybridized carbons (Fsp3) is 0.515.